The molecule has 72 valence electrons. The first-order chi connectivity index (χ1) is 6.25. The van der Waals surface area contributed by atoms with Crippen LogP contribution in [0.3, 0.4) is 0 Å². The first-order valence-corrected chi connectivity index (χ1v) is 4.12. The van der Waals surface area contributed by atoms with E-state index in [-0.39, 0.29) is 13.0 Å². The van der Waals surface area contributed by atoms with Gasteiger partial charge in [-0.2, -0.15) is 0 Å². The number of hydrogen-bond acceptors (Lipinski definition) is 4. The van der Waals surface area contributed by atoms with Crippen molar-refractivity contribution >= 4 is 0 Å². The second-order valence-corrected chi connectivity index (χ2v) is 2.81. The van der Waals surface area contributed by atoms with Gasteiger partial charge in [-0.15, -0.1) is 0 Å². The van der Waals surface area contributed by atoms with Crippen LogP contribution < -0.4 is 0 Å². The predicted octanol–water partition coefficient (Wildman–Crippen LogP) is -0.142. The molecule has 0 amide bonds. The lowest BCUT2D eigenvalue weighted by atomic mass is 10.0. The average molecular weight is 183 g/mol. The van der Waals surface area contributed by atoms with Gasteiger partial charge in [0.25, 0.3) is 0 Å². The molecule has 0 radical (unpaired) electrons. The van der Waals surface area contributed by atoms with Crippen molar-refractivity contribution in [2.24, 2.45) is 0 Å². The van der Waals surface area contributed by atoms with Crippen molar-refractivity contribution in [1.82, 2.24) is 4.98 Å². The summed E-state index contributed by atoms with van der Waals surface area (Å²) in [5, 5.41) is 27.4. The normalized spacial score (nSPS) is 15.3. The Kier molecular flexibility index (Phi) is 3.82. The smallest absolute Gasteiger partial charge is 0.106 e. The van der Waals surface area contributed by atoms with Crippen LogP contribution in [0.4, 0.5) is 0 Å². The van der Waals surface area contributed by atoms with Gasteiger partial charge >= 0.3 is 0 Å². The summed E-state index contributed by atoms with van der Waals surface area (Å²) in [6, 6.07) is 3.36. The minimum Gasteiger partial charge on any atom is -0.396 e. The Morgan fingerprint density at radius 1 is 1.38 bits per heavy atom. The van der Waals surface area contributed by atoms with Crippen molar-refractivity contribution < 1.29 is 15.3 Å². The minimum absolute atomic E-state index is 0.140. The number of aromatic nitrogens is 1. The van der Waals surface area contributed by atoms with Crippen LogP contribution in [0.5, 0.6) is 0 Å². The molecule has 0 saturated heterocycles. The Morgan fingerprint density at radius 3 is 2.69 bits per heavy atom. The highest BCUT2D eigenvalue weighted by Crippen LogP contribution is 2.16. The summed E-state index contributed by atoms with van der Waals surface area (Å²) < 4.78 is 0. The molecular weight excluding hydrogens is 170 g/mol. The van der Waals surface area contributed by atoms with Crippen molar-refractivity contribution in [3.8, 4) is 0 Å². The van der Waals surface area contributed by atoms with E-state index in [1.165, 1.54) is 6.20 Å². The standard InChI is InChI=1S/C9H13NO3/c11-5-3-8(12)9(13)7-2-1-4-10-6-7/h1-2,4,6,8-9,11-13H,3,5H2. The van der Waals surface area contributed by atoms with E-state index in [1.54, 1.807) is 18.3 Å². The summed E-state index contributed by atoms with van der Waals surface area (Å²) >= 11 is 0. The zero-order valence-corrected chi connectivity index (χ0v) is 7.17. The Balaban J connectivity index is 2.62. The van der Waals surface area contributed by atoms with E-state index < -0.39 is 12.2 Å². The Labute approximate surface area is 76.5 Å². The quantitative estimate of drug-likeness (QED) is 0.607. The first-order valence-electron chi connectivity index (χ1n) is 4.12. The van der Waals surface area contributed by atoms with Crippen molar-refractivity contribution in [3.05, 3.63) is 30.1 Å². The largest absolute Gasteiger partial charge is 0.396 e. The molecule has 0 spiro atoms. The van der Waals surface area contributed by atoms with E-state index >= 15 is 0 Å². The lowest BCUT2D eigenvalue weighted by Gasteiger charge is -2.16. The zero-order valence-electron chi connectivity index (χ0n) is 7.17. The number of aliphatic hydroxyl groups excluding tert-OH is 3. The number of aliphatic hydroxyl groups is 3. The van der Waals surface area contributed by atoms with E-state index in [9.17, 15) is 10.2 Å². The molecule has 0 aliphatic heterocycles. The average Bonchev–Trinajstić information content (AvgIpc) is 2.18. The summed E-state index contributed by atoms with van der Waals surface area (Å²) in [6.45, 7) is -0.140. The predicted molar refractivity (Wildman–Crippen MR) is 46.9 cm³/mol. The Hall–Kier alpha value is -0.970. The second kappa shape index (κ2) is 4.91. The van der Waals surface area contributed by atoms with Crippen molar-refractivity contribution in [2.45, 2.75) is 18.6 Å². The number of nitrogens with zero attached hydrogens (tertiary/aromatic N) is 1. The van der Waals surface area contributed by atoms with Gasteiger partial charge in [-0.25, -0.2) is 0 Å². The summed E-state index contributed by atoms with van der Waals surface area (Å²) in [7, 11) is 0. The molecule has 3 N–H and O–H groups in total. The molecular formula is C9H13NO3. The van der Waals surface area contributed by atoms with Crippen molar-refractivity contribution in [3.63, 3.8) is 0 Å². The molecule has 4 heteroatoms. The van der Waals surface area contributed by atoms with Gasteiger partial charge in [-0.3, -0.25) is 4.98 Å². The molecule has 13 heavy (non-hydrogen) atoms. The van der Waals surface area contributed by atoms with Gasteiger partial charge in [0.05, 0.1) is 6.10 Å². The van der Waals surface area contributed by atoms with Crippen LogP contribution in [-0.4, -0.2) is 33.0 Å². The summed E-state index contributed by atoms with van der Waals surface area (Å²) in [4.78, 5) is 3.81. The zero-order chi connectivity index (χ0) is 9.68. The maximum atomic E-state index is 9.52. The van der Waals surface area contributed by atoms with E-state index in [4.69, 9.17) is 5.11 Å². The van der Waals surface area contributed by atoms with Crippen molar-refractivity contribution in [2.75, 3.05) is 6.61 Å². The molecule has 0 aromatic carbocycles. The minimum atomic E-state index is -0.971. The SMILES string of the molecule is OCCC(O)C(O)c1cccnc1. The van der Waals surface area contributed by atoms with Gasteiger partial charge in [-0.05, 0) is 12.5 Å². The third-order valence-electron chi connectivity index (χ3n) is 1.82. The molecule has 0 aliphatic rings. The van der Waals surface area contributed by atoms with E-state index in [0.29, 0.717) is 5.56 Å². The Morgan fingerprint density at radius 2 is 2.15 bits per heavy atom. The summed E-state index contributed by atoms with van der Waals surface area (Å²) in [6.07, 6.45) is 1.34. The van der Waals surface area contributed by atoms with Gasteiger partial charge in [0.2, 0.25) is 0 Å². The maximum absolute atomic E-state index is 9.52. The van der Waals surface area contributed by atoms with Crippen LogP contribution in [0, 0.1) is 0 Å². The third kappa shape index (κ3) is 2.77. The van der Waals surface area contributed by atoms with Crippen molar-refractivity contribution in [1.29, 1.82) is 0 Å². The number of pyridine rings is 1. The maximum Gasteiger partial charge on any atom is 0.106 e. The van der Waals surface area contributed by atoms with E-state index in [2.05, 4.69) is 4.98 Å². The van der Waals surface area contributed by atoms with Crippen LogP contribution in [0.2, 0.25) is 0 Å². The fraction of sp³-hybridized carbons (Fsp3) is 0.444. The lowest BCUT2D eigenvalue weighted by molar-refractivity contribution is 0.00404. The molecule has 2 atom stereocenters. The number of rotatable bonds is 4. The Bertz CT molecular complexity index is 240. The highest BCUT2D eigenvalue weighted by molar-refractivity contribution is 5.12. The van der Waals surface area contributed by atoms with Crippen LogP contribution in [0.1, 0.15) is 18.1 Å². The van der Waals surface area contributed by atoms with Gasteiger partial charge in [0.15, 0.2) is 0 Å². The topological polar surface area (TPSA) is 73.6 Å². The van der Waals surface area contributed by atoms with Crippen LogP contribution in [-0.2, 0) is 0 Å². The van der Waals surface area contributed by atoms with Crippen LogP contribution in [0.15, 0.2) is 24.5 Å². The fourth-order valence-corrected chi connectivity index (χ4v) is 1.06. The highest BCUT2D eigenvalue weighted by atomic mass is 16.3. The lowest BCUT2D eigenvalue weighted by Crippen LogP contribution is -2.19. The monoisotopic (exact) mass is 183 g/mol. The van der Waals surface area contributed by atoms with E-state index in [0.717, 1.165) is 0 Å². The molecule has 1 heterocycles. The number of hydrogen-bond donors (Lipinski definition) is 3. The molecule has 0 saturated carbocycles. The summed E-state index contributed by atoms with van der Waals surface area (Å²) in [5.41, 5.74) is 0.559. The van der Waals surface area contributed by atoms with Crippen LogP contribution >= 0.6 is 0 Å². The molecule has 0 aliphatic carbocycles. The molecule has 0 bridgehead atoms. The molecule has 0 fully saturated rings. The first kappa shape index (κ1) is 10.1. The van der Waals surface area contributed by atoms with Gasteiger partial charge in [0, 0.05) is 24.6 Å². The van der Waals surface area contributed by atoms with Gasteiger partial charge < -0.3 is 15.3 Å². The summed E-state index contributed by atoms with van der Waals surface area (Å²) in [5.74, 6) is 0. The highest BCUT2D eigenvalue weighted by Gasteiger charge is 2.17. The fourth-order valence-electron chi connectivity index (χ4n) is 1.06. The molecule has 4 nitrogen and oxygen atoms in total. The molecule has 1 aromatic rings. The second-order valence-electron chi connectivity index (χ2n) is 2.81. The van der Waals surface area contributed by atoms with Gasteiger partial charge in [-0.1, -0.05) is 6.07 Å². The van der Waals surface area contributed by atoms with E-state index in [1.807, 2.05) is 0 Å². The van der Waals surface area contributed by atoms with Crippen LogP contribution in [0.25, 0.3) is 0 Å². The third-order valence-corrected chi connectivity index (χ3v) is 1.82. The van der Waals surface area contributed by atoms with Gasteiger partial charge in [0.1, 0.15) is 6.10 Å². The molecule has 1 aromatic heterocycles. The molecule has 1 rings (SSSR count). The molecule has 2 unspecified atom stereocenters.